The van der Waals surface area contributed by atoms with Gasteiger partial charge in [-0.2, -0.15) is 0 Å². The normalized spacial score (nSPS) is 10.3. The molecule has 0 bridgehead atoms. The van der Waals surface area contributed by atoms with Gasteiger partial charge in [0.25, 0.3) is 5.91 Å². The zero-order chi connectivity index (χ0) is 15.6. The third kappa shape index (κ3) is 4.14. The smallest absolute Gasteiger partial charge is 0.272 e. The molecule has 1 aromatic heterocycles. The van der Waals surface area contributed by atoms with Crippen LogP contribution in [0.3, 0.4) is 0 Å². The van der Waals surface area contributed by atoms with Crippen LogP contribution >= 0.6 is 62.3 Å². The average Bonchev–Trinajstić information content (AvgIpc) is 2.40. The number of carbonyl (C=O) groups excluding carboxylic acids is 1. The van der Waals surface area contributed by atoms with Crippen molar-refractivity contribution in [2.45, 2.75) is 0 Å². The molecule has 0 aliphatic carbocycles. The predicted octanol–water partition coefficient (Wildman–Crippen LogP) is 5.21. The highest BCUT2D eigenvalue weighted by Gasteiger charge is 2.14. The highest BCUT2D eigenvalue weighted by atomic mass is 79.9. The van der Waals surface area contributed by atoms with E-state index in [1.807, 2.05) is 0 Å². The number of nitrogens with one attached hydrogen (secondary N) is 2. The molecule has 0 saturated heterocycles. The molecule has 21 heavy (non-hydrogen) atoms. The molecule has 1 heterocycles. The first-order valence-corrected chi connectivity index (χ1v) is 7.71. The molecule has 0 saturated carbocycles. The Kier molecular flexibility index (Phi) is 5.57. The highest BCUT2D eigenvalue weighted by molar-refractivity contribution is 9.10. The Morgan fingerprint density at radius 2 is 1.71 bits per heavy atom. The van der Waals surface area contributed by atoms with Gasteiger partial charge in [0.1, 0.15) is 5.15 Å². The first-order valence-electron chi connectivity index (χ1n) is 5.40. The van der Waals surface area contributed by atoms with Gasteiger partial charge in [0.05, 0.1) is 21.3 Å². The van der Waals surface area contributed by atoms with Crippen LogP contribution < -0.4 is 10.9 Å². The van der Waals surface area contributed by atoms with E-state index in [0.717, 1.165) is 0 Å². The van der Waals surface area contributed by atoms with Gasteiger partial charge < -0.3 is 0 Å². The van der Waals surface area contributed by atoms with E-state index in [2.05, 4.69) is 31.8 Å². The van der Waals surface area contributed by atoms with Gasteiger partial charge in [-0.05, 0) is 34.1 Å². The van der Waals surface area contributed by atoms with Crippen LogP contribution in [0.5, 0.6) is 0 Å². The fraction of sp³-hybridized carbons (Fsp3) is 0. The Balaban J connectivity index is 2.17. The first kappa shape index (κ1) is 16.6. The Hall–Kier alpha value is -0.720. The molecule has 2 rings (SSSR count). The minimum atomic E-state index is -0.490. The first-order chi connectivity index (χ1) is 9.88. The molecule has 0 radical (unpaired) electrons. The van der Waals surface area contributed by atoms with Crippen molar-refractivity contribution in [3.8, 4) is 0 Å². The van der Waals surface area contributed by atoms with Crippen LogP contribution in [0.1, 0.15) is 10.4 Å². The van der Waals surface area contributed by atoms with E-state index >= 15 is 0 Å². The van der Waals surface area contributed by atoms with Gasteiger partial charge in [-0.1, -0.05) is 46.4 Å². The lowest BCUT2D eigenvalue weighted by Gasteiger charge is -2.12. The highest BCUT2D eigenvalue weighted by Crippen LogP contribution is 2.33. The van der Waals surface area contributed by atoms with Crippen LogP contribution in [0.2, 0.25) is 20.2 Å². The lowest BCUT2D eigenvalue weighted by Crippen LogP contribution is -2.30. The Labute approximate surface area is 148 Å². The molecule has 4 nitrogen and oxygen atoms in total. The van der Waals surface area contributed by atoms with Gasteiger partial charge in [0, 0.05) is 15.7 Å². The number of hydrogen-bond donors (Lipinski definition) is 2. The molecule has 1 amide bonds. The van der Waals surface area contributed by atoms with Gasteiger partial charge in [-0.25, -0.2) is 4.98 Å². The number of benzene rings is 1. The van der Waals surface area contributed by atoms with Gasteiger partial charge in [0.15, 0.2) is 0 Å². The van der Waals surface area contributed by atoms with E-state index in [9.17, 15) is 4.79 Å². The quantitative estimate of drug-likeness (QED) is 0.520. The summed E-state index contributed by atoms with van der Waals surface area (Å²) in [5.41, 5.74) is 5.59. The molecular weight excluding hydrogens is 424 g/mol. The fourth-order valence-electron chi connectivity index (χ4n) is 1.43. The lowest BCUT2D eigenvalue weighted by atomic mass is 10.3. The number of nitrogens with zero attached hydrogens (tertiary/aromatic N) is 1. The topological polar surface area (TPSA) is 54.0 Å². The van der Waals surface area contributed by atoms with Crippen molar-refractivity contribution in [3.63, 3.8) is 0 Å². The number of pyridine rings is 1. The summed E-state index contributed by atoms with van der Waals surface area (Å²) >= 11 is 26.9. The van der Waals surface area contributed by atoms with Crippen LogP contribution in [0.25, 0.3) is 0 Å². The lowest BCUT2D eigenvalue weighted by molar-refractivity contribution is 0.0962. The van der Waals surface area contributed by atoms with Crippen molar-refractivity contribution in [1.82, 2.24) is 10.4 Å². The van der Waals surface area contributed by atoms with Crippen LogP contribution in [0.4, 0.5) is 5.69 Å². The third-order valence-corrected chi connectivity index (χ3v) is 3.91. The molecule has 0 aliphatic heterocycles. The molecule has 0 aliphatic rings. The number of anilines is 1. The van der Waals surface area contributed by atoms with Crippen LogP contribution in [-0.4, -0.2) is 10.9 Å². The molecule has 0 atom stereocenters. The van der Waals surface area contributed by atoms with Crippen molar-refractivity contribution in [2.24, 2.45) is 0 Å². The van der Waals surface area contributed by atoms with Crippen LogP contribution in [0, 0.1) is 0 Å². The van der Waals surface area contributed by atoms with Gasteiger partial charge in [0.2, 0.25) is 0 Å². The van der Waals surface area contributed by atoms with Crippen molar-refractivity contribution in [3.05, 3.63) is 54.7 Å². The molecule has 1 aromatic carbocycles. The monoisotopic (exact) mass is 427 g/mol. The second-order valence-corrected chi connectivity index (χ2v) is 6.34. The van der Waals surface area contributed by atoms with Crippen LogP contribution in [-0.2, 0) is 0 Å². The molecule has 9 heteroatoms. The Morgan fingerprint density at radius 3 is 2.33 bits per heavy atom. The number of rotatable bonds is 3. The minimum absolute atomic E-state index is 0.0748. The fourth-order valence-corrected chi connectivity index (χ4v) is 2.86. The van der Waals surface area contributed by atoms with E-state index in [1.165, 1.54) is 24.4 Å². The number of hydrazine groups is 1. The summed E-state index contributed by atoms with van der Waals surface area (Å²) < 4.78 is 0.625. The summed E-state index contributed by atoms with van der Waals surface area (Å²) in [4.78, 5) is 15.9. The number of hydrogen-bond acceptors (Lipinski definition) is 3. The minimum Gasteiger partial charge on any atom is -0.295 e. The summed E-state index contributed by atoms with van der Waals surface area (Å²) in [6.07, 6.45) is 1.49. The summed E-state index contributed by atoms with van der Waals surface area (Å²) in [5.74, 6) is -0.490. The van der Waals surface area contributed by atoms with Crippen LogP contribution in [0.15, 0.2) is 28.9 Å². The van der Waals surface area contributed by atoms with Gasteiger partial charge in [-0.3, -0.25) is 15.6 Å². The zero-order valence-electron chi connectivity index (χ0n) is 10.1. The second kappa shape index (κ2) is 7.03. The Morgan fingerprint density at radius 1 is 1.10 bits per heavy atom. The molecule has 0 spiro atoms. The van der Waals surface area contributed by atoms with Gasteiger partial charge in [-0.15, -0.1) is 0 Å². The van der Waals surface area contributed by atoms with Crippen molar-refractivity contribution >= 4 is 73.9 Å². The summed E-state index contributed by atoms with van der Waals surface area (Å²) in [7, 11) is 0. The van der Waals surface area contributed by atoms with Crippen molar-refractivity contribution < 1.29 is 4.79 Å². The predicted molar refractivity (Wildman–Crippen MR) is 89.5 cm³/mol. The summed E-state index contributed by atoms with van der Waals surface area (Å²) in [5, 5.41) is 1.00. The number of amides is 1. The van der Waals surface area contributed by atoms with Crippen molar-refractivity contribution in [2.75, 3.05) is 5.43 Å². The maximum atomic E-state index is 12.0. The molecule has 2 aromatic rings. The number of aromatic nitrogens is 1. The van der Waals surface area contributed by atoms with E-state index < -0.39 is 5.91 Å². The zero-order valence-corrected chi connectivity index (χ0v) is 14.7. The SMILES string of the molecule is O=C(NNc1c(Cl)cc(Cl)cc1Cl)c1cc(Br)cnc1Cl. The molecule has 110 valence electrons. The average molecular weight is 430 g/mol. The van der Waals surface area contributed by atoms with E-state index in [-0.39, 0.29) is 20.8 Å². The van der Waals surface area contributed by atoms with E-state index in [1.54, 1.807) is 0 Å². The molecule has 0 unspecified atom stereocenters. The second-order valence-electron chi connectivity index (χ2n) is 3.82. The van der Waals surface area contributed by atoms with E-state index in [4.69, 9.17) is 46.4 Å². The van der Waals surface area contributed by atoms with E-state index in [0.29, 0.717) is 15.2 Å². The number of carbonyl (C=O) groups is 1. The maximum Gasteiger partial charge on any atom is 0.272 e. The summed E-state index contributed by atoms with van der Waals surface area (Å²) in [6.45, 7) is 0. The number of halogens is 5. The molecular formula is C12H6BrCl4N3O. The van der Waals surface area contributed by atoms with Crippen molar-refractivity contribution in [1.29, 1.82) is 0 Å². The third-order valence-electron chi connectivity index (χ3n) is 2.36. The largest absolute Gasteiger partial charge is 0.295 e. The molecule has 0 fully saturated rings. The summed E-state index contributed by atoms with van der Waals surface area (Å²) in [6, 6.07) is 4.53. The van der Waals surface area contributed by atoms with Gasteiger partial charge >= 0.3 is 0 Å². The molecule has 2 N–H and O–H groups in total. The standard InChI is InChI=1S/C12H6BrCl4N3O/c13-5-1-7(11(17)18-4-5)12(21)20-19-10-8(15)2-6(14)3-9(10)16/h1-4,19H,(H,20,21). The Bertz CT molecular complexity index is 688. The maximum absolute atomic E-state index is 12.0.